The van der Waals surface area contributed by atoms with Crippen molar-refractivity contribution in [3.05, 3.63) is 43.9 Å². The van der Waals surface area contributed by atoms with E-state index in [0.717, 1.165) is 12.8 Å². The van der Waals surface area contributed by atoms with E-state index in [-0.39, 0.29) is 0 Å². The molecule has 0 spiro atoms. The molecule has 32 heavy (non-hydrogen) atoms. The molecule has 0 bridgehead atoms. The first-order valence-electron chi connectivity index (χ1n) is 11.3. The molecule has 0 fully saturated rings. The maximum Gasteiger partial charge on any atom is 0.135 e. The number of hydrogen-bond donors (Lipinski definition) is 0. The second-order valence-corrected chi connectivity index (χ2v) is 8.93. The van der Waals surface area contributed by atoms with Crippen LogP contribution in [-0.4, -0.2) is 45.1 Å². The lowest BCUT2D eigenvalue weighted by Crippen LogP contribution is -2.01. The molecule has 0 saturated carbocycles. The predicted molar refractivity (Wildman–Crippen MR) is 133 cm³/mol. The zero-order chi connectivity index (χ0) is 23.9. The molecule has 2 heterocycles. The van der Waals surface area contributed by atoms with E-state index in [1.807, 2.05) is 11.3 Å². The van der Waals surface area contributed by atoms with Crippen molar-refractivity contribution in [2.45, 2.75) is 67.6 Å². The lowest BCUT2D eigenvalue weighted by molar-refractivity contribution is 0.206. The van der Waals surface area contributed by atoms with Gasteiger partial charge in [0, 0.05) is 35.4 Å². The number of rotatable bonds is 12. The minimum atomic E-state index is 0.612. The molecule has 2 aromatic heterocycles. The number of nitrogens with zero attached hydrogens (tertiary/aromatic N) is 5. The van der Waals surface area contributed by atoms with Crippen LogP contribution in [0.25, 0.3) is 0 Å². The van der Waals surface area contributed by atoms with Crippen LogP contribution >= 0.6 is 11.3 Å². The van der Waals surface area contributed by atoms with Gasteiger partial charge in [0.2, 0.25) is 0 Å². The van der Waals surface area contributed by atoms with Crippen LogP contribution in [0.5, 0.6) is 0 Å². The van der Waals surface area contributed by atoms with E-state index < -0.39 is 0 Å². The fraction of sp³-hybridized carbons (Fsp3) is 0.667. The van der Waals surface area contributed by atoms with Crippen LogP contribution < -0.4 is 0 Å². The predicted octanol–water partition coefficient (Wildman–Crippen LogP) is 6.25. The first-order chi connectivity index (χ1) is 15.4. The van der Waals surface area contributed by atoms with Crippen LogP contribution in [-0.2, 0) is 35.5 Å². The van der Waals surface area contributed by atoms with Gasteiger partial charge in [0.25, 0.3) is 0 Å². The maximum absolute atomic E-state index is 4.92. The average Bonchev–Trinajstić information content (AvgIpc) is 3.21. The summed E-state index contributed by atoms with van der Waals surface area (Å²) in [5, 5.41) is 16.5. The molecule has 0 atom stereocenters. The zero-order valence-corrected chi connectivity index (χ0v) is 22.0. The number of methoxy groups -OCH3 is 2. The summed E-state index contributed by atoms with van der Waals surface area (Å²) in [6, 6.07) is 2.22. The van der Waals surface area contributed by atoms with Crippen molar-refractivity contribution >= 4 is 11.3 Å². The summed E-state index contributed by atoms with van der Waals surface area (Å²) < 4.78 is 12.0. The van der Waals surface area contributed by atoms with Gasteiger partial charge in [-0.25, -0.2) is 0 Å². The van der Waals surface area contributed by atoms with Gasteiger partial charge >= 0.3 is 0 Å². The van der Waals surface area contributed by atoms with Gasteiger partial charge in [-0.05, 0) is 63.3 Å². The Morgan fingerprint density at radius 3 is 1.94 bits per heavy atom. The molecule has 7 nitrogen and oxygen atoms in total. The van der Waals surface area contributed by atoms with E-state index in [4.69, 9.17) is 9.47 Å². The topological polar surface area (TPSA) is 72.8 Å². The number of azo groups is 2. The molecule has 0 amide bonds. The van der Waals surface area contributed by atoms with E-state index in [9.17, 15) is 0 Å². The standard InChI is InChI=1S/C12H21N3O.C12H20N2OS/c1-5-12-8-10(2)15(11(12)3)9-14-13-6-7-16-4;1-5-11-9(2)16-10(3)12(11)8-14-13-6-7-15-4/h8H,5-7,9H2,1-4H3;5-8H2,1-4H3. The van der Waals surface area contributed by atoms with Crippen LogP contribution in [0.3, 0.4) is 0 Å². The van der Waals surface area contributed by atoms with Gasteiger partial charge in [0.1, 0.15) is 6.67 Å². The summed E-state index contributed by atoms with van der Waals surface area (Å²) in [4.78, 5) is 2.79. The third-order valence-electron chi connectivity index (χ3n) is 5.36. The largest absolute Gasteiger partial charge is 0.383 e. The molecule has 180 valence electrons. The molecular formula is C24H41N5O2S. The van der Waals surface area contributed by atoms with Crippen LogP contribution in [0.2, 0.25) is 0 Å². The highest BCUT2D eigenvalue weighted by atomic mass is 32.1. The third kappa shape index (κ3) is 8.92. The summed E-state index contributed by atoms with van der Waals surface area (Å²) >= 11 is 1.86. The van der Waals surface area contributed by atoms with Gasteiger partial charge in [-0.15, -0.1) is 11.3 Å². The van der Waals surface area contributed by atoms with E-state index >= 15 is 0 Å². The van der Waals surface area contributed by atoms with Crippen LogP contribution in [0.4, 0.5) is 0 Å². The lowest BCUT2D eigenvalue weighted by Gasteiger charge is -2.05. The fourth-order valence-electron chi connectivity index (χ4n) is 3.53. The molecule has 0 saturated heterocycles. The molecule has 0 radical (unpaired) electrons. The molecule has 0 unspecified atom stereocenters. The molecule has 0 N–H and O–H groups in total. The van der Waals surface area contributed by atoms with Gasteiger partial charge in [-0.3, -0.25) is 0 Å². The highest BCUT2D eigenvalue weighted by molar-refractivity contribution is 7.12. The van der Waals surface area contributed by atoms with Crippen LogP contribution in [0.1, 0.15) is 51.7 Å². The number of aryl methyl sites for hydroxylation is 4. The number of ether oxygens (including phenoxy) is 2. The SMILES string of the molecule is CCc1c(C)sc(C)c1CN=NCCOC.CCc1cc(C)n(CN=NCCOC)c1C. The number of aromatic nitrogens is 1. The van der Waals surface area contributed by atoms with Crippen molar-refractivity contribution < 1.29 is 9.47 Å². The summed E-state index contributed by atoms with van der Waals surface area (Å²) in [6.45, 7) is 16.8. The first-order valence-corrected chi connectivity index (χ1v) is 12.1. The van der Waals surface area contributed by atoms with E-state index in [1.165, 1.54) is 37.8 Å². The molecule has 0 aliphatic carbocycles. The number of hydrogen-bond acceptors (Lipinski definition) is 7. The molecule has 0 aliphatic heterocycles. The van der Waals surface area contributed by atoms with Gasteiger partial charge < -0.3 is 14.0 Å². The van der Waals surface area contributed by atoms with Crippen LogP contribution in [0.15, 0.2) is 26.5 Å². The molecule has 0 aromatic carbocycles. The van der Waals surface area contributed by atoms with E-state index in [0.29, 0.717) is 39.5 Å². The van der Waals surface area contributed by atoms with Gasteiger partial charge in [0.15, 0.2) is 0 Å². The highest BCUT2D eigenvalue weighted by Crippen LogP contribution is 2.28. The molecule has 0 aliphatic rings. The Hall–Kier alpha value is -1.90. The van der Waals surface area contributed by atoms with Crippen molar-refractivity contribution in [2.24, 2.45) is 20.5 Å². The smallest absolute Gasteiger partial charge is 0.135 e. The highest BCUT2D eigenvalue weighted by Gasteiger charge is 2.10. The summed E-state index contributed by atoms with van der Waals surface area (Å²) in [5.41, 5.74) is 6.76. The Bertz CT molecular complexity index is 855. The van der Waals surface area contributed by atoms with Gasteiger partial charge in [-0.1, -0.05) is 13.8 Å². The molecule has 8 heteroatoms. The second kappa shape index (κ2) is 15.8. The molecular weight excluding hydrogens is 422 g/mol. The zero-order valence-electron chi connectivity index (χ0n) is 21.2. The Labute approximate surface area is 198 Å². The van der Waals surface area contributed by atoms with Crippen molar-refractivity contribution in [1.29, 1.82) is 0 Å². The molecule has 2 aromatic rings. The van der Waals surface area contributed by atoms with E-state index in [2.05, 4.69) is 72.6 Å². The van der Waals surface area contributed by atoms with E-state index in [1.54, 1.807) is 14.2 Å². The van der Waals surface area contributed by atoms with Crippen LogP contribution in [0, 0.1) is 27.7 Å². The van der Waals surface area contributed by atoms with Crippen molar-refractivity contribution in [1.82, 2.24) is 4.57 Å². The normalized spacial score (nSPS) is 11.5. The van der Waals surface area contributed by atoms with Gasteiger partial charge in [0.05, 0.1) is 32.8 Å². The molecule has 2 rings (SSSR count). The third-order valence-corrected chi connectivity index (χ3v) is 6.46. The Morgan fingerprint density at radius 1 is 0.812 bits per heavy atom. The van der Waals surface area contributed by atoms with Crippen molar-refractivity contribution in [2.75, 3.05) is 40.5 Å². The first kappa shape index (κ1) is 28.1. The van der Waals surface area contributed by atoms with Gasteiger partial charge in [-0.2, -0.15) is 20.5 Å². The second-order valence-electron chi connectivity index (χ2n) is 7.50. The Kier molecular flexibility index (Phi) is 13.9. The summed E-state index contributed by atoms with van der Waals surface area (Å²) in [5.74, 6) is 0. The Morgan fingerprint density at radius 2 is 1.41 bits per heavy atom. The number of thiophene rings is 1. The monoisotopic (exact) mass is 463 g/mol. The summed E-state index contributed by atoms with van der Waals surface area (Å²) in [6.07, 6.45) is 2.15. The van der Waals surface area contributed by atoms with Crippen molar-refractivity contribution in [3.63, 3.8) is 0 Å². The lowest BCUT2D eigenvalue weighted by atomic mass is 10.1. The fourth-order valence-corrected chi connectivity index (χ4v) is 4.69. The minimum Gasteiger partial charge on any atom is -0.383 e. The maximum atomic E-state index is 4.92. The quantitative estimate of drug-likeness (QED) is 0.276. The minimum absolute atomic E-state index is 0.612. The average molecular weight is 464 g/mol. The summed E-state index contributed by atoms with van der Waals surface area (Å²) in [7, 11) is 3.35. The Balaban J connectivity index is 0.000000320. The van der Waals surface area contributed by atoms with Crippen molar-refractivity contribution in [3.8, 4) is 0 Å².